The standard InChI is InChI=1S/C25H22ClNO6/c26-21-13-20-19(25(30)31)9-11-32-22(20)14-23(21)33-18-6-4-16(5-7-18)24(29)27-10-8-15-2-1-3-17(28)12-15/h1-7,12-14,19,28H,8-11H2,(H,27,29)(H,30,31). The SMILES string of the molecule is O=C(NCCc1cccc(O)c1)c1ccc(Oc2cc3c(cc2Cl)C(C(=O)O)CCO3)cc1. The molecule has 0 aromatic heterocycles. The number of phenolic OH excluding ortho intramolecular Hbond substituents is 1. The molecule has 1 atom stereocenters. The number of hydrogen-bond acceptors (Lipinski definition) is 5. The first-order valence-corrected chi connectivity index (χ1v) is 10.8. The molecule has 7 nitrogen and oxygen atoms in total. The van der Waals surface area contributed by atoms with Crippen LogP contribution < -0.4 is 14.8 Å². The van der Waals surface area contributed by atoms with Gasteiger partial charge in [0.1, 0.15) is 23.0 Å². The molecule has 0 radical (unpaired) electrons. The number of hydrogen-bond donors (Lipinski definition) is 3. The van der Waals surface area contributed by atoms with Crippen molar-refractivity contribution >= 4 is 23.5 Å². The van der Waals surface area contributed by atoms with Crippen LogP contribution in [0.3, 0.4) is 0 Å². The first kappa shape index (κ1) is 22.5. The minimum absolute atomic E-state index is 0.196. The summed E-state index contributed by atoms with van der Waals surface area (Å²) in [6, 6.07) is 16.7. The number of amides is 1. The predicted octanol–water partition coefficient (Wildman–Crippen LogP) is 4.76. The van der Waals surface area contributed by atoms with Crippen molar-refractivity contribution < 1.29 is 29.3 Å². The van der Waals surface area contributed by atoms with E-state index in [0.717, 1.165) is 5.56 Å². The van der Waals surface area contributed by atoms with Crippen molar-refractivity contribution in [2.45, 2.75) is 18.8 Å². The van der Waals surface area contributed by atoms with Crippen LogP contribution in [0, 0.1) is 0 Å². The molecule has 3 N–H and O–H groups in total. The maximum absolute atomic E-state index is 12.4. The number of nitrogens with one attached hydrogen (secondary N) is 1. The van der Waals surface area contributed by atoms with Crippen LogP contribution in [0.25, 0.3) is 0 Å². The van der Waals surface area contributed by atoms with Crippen LogP contribution in [0.15, 0.2) is 60.7 Å². The number of fused-ring (bicyclic) bond motifs is 1. The Morgan fingerprint density at radius 1 is 1.12 bits per heavy atom. The average molecular weight is 468 g/mol. The molecule has 3 aromatic rings. The van der Waals surface area contributed by atoms with Crippen LogP contribution in [0.5, 0.6) is 23.0 Å². The second-order valence-corrected chi connectivity index (χ2v) is 8.06. The van der Waals surface area contributed by atoms with Gasteiger partial charge in [-0.3, -0.25) is 9.59 Å². The number of halogens is 1. The molecule has 1 amide bonds. The lowest BCUT2D eigenvalue weighted by Gasteiger charge is -2.24. The van der Waals surface area contributed by atoms with Crippen molar-refractivity contribution in [1.29, 1.82) is 0 Å². The minimum Gasteiger partial charge on any atom is -0.508 e. The Morgan fingerprint density at radius 3 is 2.64 bits per heavy atom. The summed E-state index contributed by atoms with van der Waals surface area (Å²) in [5.74, 6) is -0.353. The summed E-state index contributed by atoms with van der Waals surface area (Å²) in [7, 11) is 0. The normalized spacial score (nSPS) is 14.6. The Balaban J connectivity index is 1.38. The van der Waals surface area contributed by atoms with Crippen LogP contribution in [-0.2, 0) is 11.2 Å². The summed E-state index contributed by atoms with van der Waals surface area (Å²) in [4.78, 5) is 23.9. The zero-order valence-corrected chi connectivity index (χ0v) is 18.3. The highest BCUT2D eigenvalue weighted by Crippen LogP contribution is 2.41. The van der Waals surface area contributed by atoms with Crippen molar-refractivity contribution in [3.63, 3.8) is 0 Å². The molecule has 33 heavy (non-hydrogen) atoms. The molecule has 1 unspecified atom stereocenters. The van der Waals surface area contributed by atoms with Gasteiger partial charge in [-0.25, -0.2) is 0 Å². The first-order chi connectivity index (χ1) is 15.9. The molecule has 170 valence electrons. The molecule has 0 aliphatic carbocycles. The van der Waals surface area contributed by atoms with Gasteiger partial charge in [-0.15, -0.1) is 0 Å². The highest BCUT2D eigenvalue weighted by Gasteiger charge is 2.29. The molecule has 1 aliphatic rings. The van der Waals surface area contributed by atoms with Crippen LogP contribution >= 0.6 is 11.6 Å². The lowest BCUT2D eigenvalue weighted by molar-refractivity contribution is -0.139. The number of benzene rings is 3. The summed E-state index contributed by atoms with van der Waals surface area (Å²) in [5, 5.41) is 22.0. The zero-order chi connectivity index (χ0) is 23.4. The summed E-state index contributed by atoms with van der Waals surface area (Å²) >= 11 is 6.33. The minimum atomic E-state index is -0.917. The number of carbonyl (C=O) groups is 2. The van der Waals surface area contributed by atoms with Crippen LogP contribution in [-0.4, -0.2) is 35.2 Å². The molecular weight excluding hydrogens is 446 g/mol. The van der Waals surface area contributed by atoms with Gasteiger partial charge in [0.25, 0.3) is 5.91 Å². The summed E-state index contributed by atoms with van der Waals surface area (Å²) in [5.41, 5.74) is 1.94. The molecule has 4 rings (SSSR count). The smallest absolute Gasteiger partial charge is 0.311 e. The lowest BCUT2D eigenvalue weighted by atomic mass is 9.93. The molecular formula is C25H22ClNO6. The fourth-order valence-corrected chi connectivity index (χ4v) is 3.87. The third-order valence-electron chi connectivity index (χ3n) is 5.36. The molecule has 0 fully saturated rings. The maximum Gasteiger partial charge on any atom is 0.311 e. The van der Waals surface area contributed by atoms with Crippen molar-refractivity contribution in [2.24, 2.45) is 0 Å². The van der Waals surface area contributed by atoms with Crippen molar-refractivity contribution in [1.82, 2.24) is 5.32 Å². The highest BCUT2D eigenvalue weighted by molar-refractivity contribution is 6.32. The molecule has 1 heterocycles. The summed E-state index contributed by atoms with van der Waals surface area (Å²) < 4.78 is 11.4. The van der Waals surface area contributed by atoms with Crippen molar-refractivity contribution in [3.05, 3.63) is 82.4 Å². The molecule has 1 aliphatic heterocycles. The van der Waals surface area contributed by atoms with Gasteiger partial charge in [0.2, 0.25) is 0 Å². The van der Waals surface area contributed by atoms with Gasteiger partial charge in [-0.05, 0) is 60.9 Å². The van der Waals surface area contributed by atoms with Gasteiger partial charge in [0, 0.05) is 23.7 Å². The van der Waals surface area contributed by atoms with Gasteiger partial charge >= 0.3 is 5.97 Å². The Labute approximate surface area is 195 Å². The summed E-state index contributed by atoms with van der Waals surface area (Å²) in [6.07, 6.45) is 0.985. The van der Waals surface area contributed by atoms with E-state index in [9.17, 15) is 19.8 Å². The molecule has 8 heteroatoms. The lowest BCUT2D eigenvalue weighted by Crippen LogP contribution is -2.25. The zero-order valence-electron chi connectivity index (χ0n) is 17.6. The van der Waals surface area contributed by atoms with Gasteiger partial charge in [-0.1, -0.05) is 23.7 Å². The van der Waals surface area contributed by atoms with E-state index in [1.165, 1.54) is 0 Å². The molecule has 0 spiro atoms. The van der Waals surface area contributed by atoms with E-state index >= 15 is 0 Å². The highest BCUT2D eigenvalue weighted by atomic mass is 35.5. The number of aromatic hydroxyl groups is 1. The Morgan fingerprint density at radius 2 is 1.91 bits per heavy atom. The largest absolute Gasteiger partial charge is 0.508 e. The second kappa shape index (κ2) is 9.83. The molecule has 0 bridgehead atoms. The fourth-order valence-electron chi connectivity index (χ4n) is 3.66. The van der Waals surface area contributed by atoms with Gasteiger partial charge < -0.3 is 25.0 Å². The Hall–Kier alpha value is -3.71. The molecule has 3 aromatic carbocycles. The van der Waals surface area contributed by atoms with E-state index in [0.29, 0.717) is 54.4 Å². The van der Waals surface area contributed by atoms with Gasteiger partial charge in [-0.2, -0.15) is 0 Å². The predicted molar refractivity (Wildman–Crippen MR) is 123 cm³/mol. The van der Waals surface area contributed by atoms with Crippen molar-refractivity contribution in [3.8, 4) is 23.0 Å². The van der Waals surface area contributed by atoms with Crippen LogP contribution in [0.2, 0.25) is 5.02 Å². The topological polar surface area (TPSA) is 105 Å². The number of carboxylic acids is 1. The number of carboxylic acid groups (broad SMARTS) is 1. The van der Waals surface area contributed by atoms with Crippen LogP contribution in [0.4, 0.5) is 0 Å². The monoisotopic (exact) mass is 467 g/mol. The third-order valence-corrected chi connectivity index (χ3v) is 5.65. The number of aliphatic carboxylic acids is 1. The van der Waals surface area contributed by atoms with Crippen LogP contribution in [0.1, 0.15) is 33.8 Å². The second-order valence-electron chi connectivity index (χ2n) is 7.65. The van der Waals surface area contributed by atoms with Crippen molar-refractivity contribution in [2.75, 3.05) is 13.2 Å². The third kappa shape index (κ3) is 5.38. The van der Waals surface area contributed by atoms with E-state index in [1.54, 1.807) is 54.6 Å². The van der Waals surface area contributed by atoms with E-state index in [1.807, 2.05) is 6.07 Å². The Kier molecular flexibility index (Phi) is 6.70. The molecule has 0 saturated heterocycles. The number of ether oxygens (including phenoxy) is 2. The van der Waals surface area contributed by atoms with E-state index in [2.05, 4.69) is 5.32 Å². The van der Waals surface area contributed by atoms with E-state index in [-0.39, 0.29) is 16.7 Å². The maximum atomic E-state index is 12.4. The summed E-state index contributed by atoms with van der Waals surface area (Å²) in [6.45, 7) is 0.739. The molecule has 0 saturated carbocycles. The van der Waals surface area contributed by atoms with E-state index < -0.39 is 11.9 Å². The first-order valence-electron chi connectivity index (χ1n) is 10.4. The van der Waals surface area contributed by atoms with E-state index in [4.69, 9.17) is 21.1 Å². The average Bonchev–Trinajstić information content (AvgIpc) is 2.79. The van der Waals surface area contributed by atoms with Gasteiger partial charge in [0.15, 0.2) is 0 Å². The van der Waals surface area contributed by atoms with Gasteiger partial charge in [0.05, 0.1) is 17.5 Å². The Bertz CT molecular complexity index is 1180. The number of rotatable bonds is 7. The quantitative estimate of drug-likeness (QED) is 0.462. The fraction of sp³-hybridized carbons (Fsp3) is 0.200. The number of phenols is 1. The number of carbonyl (C=O) groups excluding carboxylic acids is 1.